The molecule has 1 heterocycles. The Balaban J connectivity index is 2.23. The molecule has 1 amide bonds. The Morgan fingerprint density at radius 1 is 1.53 bits per heavy atom. The summed E-state index contributed by atoms with van der Waals surface area (Å²) in [5, 5.41) is 3.32. The van der Waals surface area contributed by atoms with E-state index in [2.05, 4.69) is 26.2 Å². The number of hydrogen-bond acceptors (Lipinski definition) is 4. The van der Waals surface area contributed by atoms with E-state index in [1.807, 2.05) is 6.92 Å². The number of aromatic nitrogens is 1. The first-order valence-corrected chi connectivity index (χ1v) is 6.46. The molecule has 0 aliphatic carbocycles. The van der Waals surface area contributed by atoms with Crippen molar-refractivity contribution in [2.45, 2.75) is 6.92 Å². The molecule has 2 aromatic rings. The number of halogens is 1. The predicted octanol–water partition coefficient (Wildman–Crippen LogP) is 3.05. The van der Waals surface area contributed by atoms with E-state index >= 15 is 0 Å². The molecule has 0 atom stereocenters. The number of anilines is 2. The lowest BCUT2D eigenvalue weighted by Gasteiger charge is -2.05. The number of carbonyl (C=O) groups excluding carboxylic acids is 1. The van der Waals surface area contributed by atoms with E-state index in [1.165, 1.54) is 11.3 Å². The molecule has 88 valence electrons. The van der Waals surface area contributed by atoms with Crippen LogP contribution < -0.4 is 11.1 Å². The lowest BCUT2D eigenvalue weighted by Crippen LogP contribution is -2.12. The molecule has 1 aromatic carbocycles. The molecule has 0 aliphatic rings. The van der Waals surface area contributed by atoms with E-state index in [0.717, 1.165) is 4.88 Å². The zero-order valence-electron chi connectivity index (χ0n) is 9.03. The molecule has 0 spiro atoms. The van der Waals surface area contributed by atoms with Crippen LogP contribution in [-0.2, 0) is 0 Å². The van der Waals surface area contributed by atoms with E-state index in [-0.39, 0.29) is 5.91 Å². The summed E-state index contributed by atoms with van der Waals surface area (Å²) in [5.74, 6) is -0.224. The third-order valence-corrected chi connectivity index (χ3v) is 3.83. The zero-order valence-corrected chi connectivity index (χ0v) is 11.4. The molecule has 4 nitrogen and oxygen atoms in total. The van der Waals surface area contributed by atoms with Crippen LogP contribution in [0.1, 0.15) is 15.2 Å². The first-order chi connectivity index (χ1) is 8.08. The van der Waals surface area contributed by atoms with Crippen LogP contribution in [0.5, 0.6) is 0 Å². The number of nitrogens with two attached hydrogens (primary N) is 1. The Labute approximate surface area is 111 Å². The van der Waals surface area contributed by atoms with Crippen LogP contribution >= 0.6 is 27.3 Å². The van der Waals surface area contributed by atoms with Crippen LogP contribution in [0.15, 0.2) is 28.9 Å². The third kappa shape index (κ3) is 2.65. The normalized spacial score (nSPS) is 10.2. The van der Waals surface area contributed by atoms with Gasteiger partial charge in [0.1, 0.15) is 0 Å². The Kier molecular flexibility index (Phi) is 3.44. The molecule has 0 unspecified atom stereocenters. The summed E-state index contributed by atoms with van der Waals surface area (Å²) in [5.41, 5.74) is 6.75. The molecule has 2 rings (SSSR count). The fourth-order valence-corrected chi connectivity index (χ4v) is 2.41. The van der Waals surface area contributed by atoms with Crippen molar-refractivity contribution in [2.24, 2.45) is 0 Å². The molecule has 0 radical (unpaired) electrons. The van der Waals surface area contributed by atoms with E-state index in [9.17, 15) is 4.79 Å². The summed E-state index contributed by atoms with van der Waals surface area (Å²) < 4.78 is 0.603. The van der Waals surface area contributed by atoms with Gasteiger partial charge in [0.05, 0.1) is 10.0 Å². The van der Waals surface area contributed by atoms with Gasteiger partial charge in [0.25, 0.3) is 5.91 Å². The monoisotopic (exact) mass is 311 g/mol. The van der Waals surface area contributed by atoms with Crippen LogP contribution in [-0.4, -0.2) is 10.9 Å². The average molecular weight is 312 g/mol. The van der Waals surface area contributed by atoms with E-state index in [0.29, 0.717) is 20.9 Å². The molecular weight excluding hydrogens is 302 g/mol. The van der Waals surface area contributed by atoms with Gasteiger partial charge in [0.2, 0.25) is 0 Å². The van der Waals surface area contributed by atoms with Crippen molar-refractivity contribution >= 4 is 44.0 Å². The number of nitrogens with one attached hydrogen (secondary N) is 1. The Morgan fingerprint density at radius 2 is 2.29 bits per heavy atom. The minimum Gasteiger partial charge on any atom is -0.398 e. The average Bonchev–Trinajstić information content (AvgIpc) is 2.68. The highest BCUT2D eigenvalue weighted by molar-refractivity contribution is 9.10. The number of amides is 1. The first kappa shape index (κ1) is 12.1. The van der Waals surface area contributed by atoms with Crippen LogP contribution in [0, 0.1) is 6.92 Å². The summed E-state index contributed by atoms with van der Waals surface area (Å²) in [6.45, 7) is 1.93. The molecule has 1 aromatic heterocycles. The smallest absolute Gasteiger partial charge is 0.258 e. The molecule has 0 aliphatic heterocycles. The molecule has 0 bridgehead atoms. The van der Waals surface area contributed by atoms with E-state index in [4.69, 9.17) is 5.73 Å². The molecular formula is C11H10BrN3OS. The number of rotatable bonds is 2. The van der Waals surface area contributed by atoms with Gasteiger partial charge < -0.3 is 5.73 Å². The Morgan fingerprint density at radius 3 is 2.94 bits per heavy atom. The summed E-state index contributed by atoms with van der Waals surface area (Å²) >= 11 is 4.73. The maximum Gasteiger partial charge on any atom is 0.258 e. The topological polar surface area (TPSA) is 68.0 Å². The lowest BCUT2D eigenvalue weighted by molar-refractivity contribution is 0.102. The van der Waals surface area contributed by atoms with Crippen molar-refractivity contribution in [2.75, 3.05) is 11.1 Å². The van der Waals surface area contributed by atoms with Crippen LogP contribution in [0.3, 0.4) is 0 Å². The molecule has 3 N–H and O–H groups in total. The highest BCUT2D eigenvalue weighted by Gasteiger charge is 2.13. The quantitative estimate of drug-likeness (QED) is 0.838. The summed E-state index contributed by atoms with van der Waals surface area (Å²) in [7, 11) is 0. The van der Waals surface area contributed by atoms with Crippen LogP contribution in [0.2, 0.25) is 0 Å². The van der Waals surface area contributed by atoms with Gasteiger partial charge in [-0.05, 0) is 35.0 Å². The van der Waals surface area contributed by atoms with Crippen LogP contribution in [0.25, 0.3) is 0 Å². The number of thiazole rings is 1. The van der Waals surface area contributed by atoms with Gasteiger partial charge in [-0.2, -0.15) is 0 Å². The van der Waals surface area contributed by atoms with Crippen molar-refractivity contribution in [3.8, 4) is 0 Å². The second-order valence-corrected chi connectivity index (χ2v) is 5.47. The largest absolute Gasteiger partial charge is 0.398 e. The zero-order chi connectivity index (χ0) is 12.4. The fraction of sp³-hybridized carbons (Fsp3) is 0.0909. The predicted molar refractivity (Wildman–Crippen MR) is 73.4 cm³/mol. The number of benzene rings is 1. The minimum absolute atomic E-state index is 0.224. The molecule has 0 saturated carbocycles. The van der Waals surface area contributed by atoms with Crippen molar-refractivity contribution in [1.82, 2.24) is 4.98 Å². The van der Waals surface area contributed by atoms with Crippen molar-refractivity contribution in [3.05, 3.63) is 39.3 Å². The number of nitrogen functional groups attached to an aromatic ring is 1. The Hall–Kier alpha value is -1.40. The first-order valence-electron chi connectivity index (χ1n) is 4.85. The number of aryl methyl sites for hydroxylation is 1. The van der Waals surface area contributed by atoms with Gasteiger partial charge in [-0.1, -0.05) is 6.07 Å². The fourth-order valence-electron chi connectivity index (χ4n) is 1.30. The lowest BCUT2D eigenvalue weighted by atomic mass is 10.2. The highest BCUT2D eigenvalue weighted by atomic mass is 79.9. The number of hydrogen-bond donors (Lipinski definition) is 2. The SMILES string of the molecule is Cc1cnc(NC(=O)c2cccc(N)c2Br)s1. The molecule has 17 heavy (non-hydrogen) atoms. The maximum absolute atomic E-state index is 12.0. The molecule has 0 saturated heterocycles. The van der Waals surface area contributed by atoms with Gasteiger partial charge in [0, 0.05) is 16.8 Å². The van der Waals surface area contributed by atoms with E-state index in [1.54, 1.807) is 24.4 Å². The number of carbonyl (C=O) groups is 1. The highest BCUT2D eigenvalue weighted by Crippen LogP contribution is 2.25. The van der Waals surface area contributed by atoms with Gasteiger partial charge in [-0.15, -0.1) is 11.3 Å². The van der Waals surface area contributed by atoms with Gasteiger partial charge in [-0.25, -0.2) is 4.98 Å². The van der Waals surface area contributed by atoms with Gasteiger partial charge in [-0.3, -0.25) is 10.1 Å². The third-order valence-electron chi connectivity index (χ3n) is 2.11. The van der Waals surface area contributed by atoms with Crippen molar-refractivity contribution < 1.29 is 4.79 Å². The minimum atomic E-state index is -0.224. The molecule has 6 heteroatoms. The summed E-state index contributed by atoms with van der Waals surface area (Å²) in [6.07, 6.45) is 1.72. The second kappa shape index (κ2) is 4.85. The maximum atomic E-state index is 12.0. The Bertz CT molecular complexity index is 568. The van der Waals surface area contributed by atoms with Gasteiger partial charge in [0.15, 0.2) is 5.13 Å². The second-order valence-electron chi connectivity index (χ2n) is 3.44. The van der Waals surface area contributed by atoms with Crippen molar-refractivity contribution in [3.63, 3.8) is 0 Å². The summed E-state index contributed by atoms with van der Waals surface area (Å²) in [4.78, 5) is 17.1. The summed E-state index contributed by atoms with van der Waals surface area (Å²) in [6, 6.07) is 5.17. The van der Waals surface area contributed by atoms with Crippen LogP contribution in [0.4, 0.5) is 10.8 Å². The van der Waals surface area contributed by atoms with E-state index < -0.39 is 0 Å². The molecule has 0 fully saturated rings. The van der Waals surface area contributed by atoms with Crippen molar-refractivity contribution in [1.29, 1.82) is 0 Å². The van der Waals surface area contributed by atoms with Gasteiger partial charge >= 0.3 is 0 Å². The standard InChI is InChI=1S/C11H10BrN3OS/c1-6-5-14-11(17-6)15-10(16)7-3-2-4-8(13)9(7)12/h2-5H,13H2,1H3,(H,14,15,16). The number of nitrogens with zero attached hydrogens (tertiary/aromatic N) is 1.